The highest BCUT2D eigenvalue weighted by Crippen LogP contribution is 2.37. The Morgan fingerprint density at radius 2 is 2.15 bits per heavy atom. The van der Waals surface area contributed by atoms with Crippen molar-refractivity contribution in [2.75, 3.05) is 11.9 Å². The average Bonchev–Trinajstić information content (AvgIpc) is 3.10. The molecular formula is C18H17N5O3. The molecule has 0 saturated heterocycles. The Labute approximate surface area is 148 Å². The minimum atomic E-state index is -0.675. The molecule has 0 fully saturated rings. The first kappa shape index (κ1) is 16.1. The van der Waals surface area contributed by atoms with Crippen LogP contribution in [-0.4, -0.2) is 33.5 Å². The summed E-state index contributed by atoms with van der Waals surface area (Å²) in [5.74, 6) is -0.0649. The van der Waals surface area contributed by atoms with E-state index >= 15 is 0 Å². The molecule has 1 unspecified atom stereocenters. The molecular weight excluding hydrogens is 334 g/mol. The third kappa shape index (κ3) is 2.65. The molecule has 2 aromatic heterocycles. The van der Waals surface area contributed by atoms with Gasteiger partial charge in [0.05, 0.1) is 12.3 Å². The Bertz CT molecular complexity index is 1030. The van der Waals surface area contributed by atoms with Crippen LogP contribution in [0.2, 0.25) is 0 Å². The first-order chi connectivity index (χ1) is 12.5. The fourth-order valence-corrected chi connectivity index (χ4v) is 3.26. The van der Waals surface area contributed by atoms with Crippen molar-refractivity contribution < 1.29 is 14.3 Å². The van der Waals surface area contributed by atoms with E-state index < -0.39 is 5.91 Å². The molecule has 1 amide bonds. The number of amides is 1. The lowest BCUT2D eigenvalue weighted by atomic mass is 9.89. The molecule has 1 aliphatic heterocycles. The molecule has 3 heterocycles. The lowest BCUT2D eigenvalue weighted by molar-refractivity contribution is -0.119. The molecule has 1 atom stereocenters. The molecule has 1 aromatic carbocycles. The summed E-state index contributed by atoms with van der Waals surface area (Å²) in [6.45, 7) is 2.11. The number of fused-ring (bicyclic) bond motifs is 2. The maximum absolute atomic E-state index is 12.0. The number of ether oxygens (including phenoxy) is 1. The molecule has 0 radical (unpaired) electrons. The number of primary amides is 1. The van der Waals surface area contributed by atoms with Gasteiger partial charge < -0.3 is 20.8 Å². The third-order valence-corrected chi connectivity index (χ3v) is 4.52. The monoisotopic (exact) mass is 351 g/mol. The van der Waals surface area contributed by atoms with Gasteiger partial charge in [0.25, 0.3) is 5.91 Å². The minimum absolute atomic E-state index is 0.0502. The zero-order chi connectivity index (χ0) is 18.3. The number of carbonyl (C=O) groups excluding carboxylic acids is 2. The number of H-pyrrole nitrogens is 1. The van der Waals surface area contributed by atoms with Crippen molar-refractivity contribution in [3.05, 3.63) is 41.7 Å². The number of aromatic amines is 1. The van der Waals surface area contributed by atoms with Crippen molar-refractivity contribution in [3.8, 4) is 5.75 Å². The molecule has 0 saturated carbocycles. The van der Waals surface area contributed by atoms with Crippen LogP contribution >= 0.6 is 0 Å². The van der Waals surface area contributed by atoms with Gasteiger partial charge in [-0.2, -0.15) is 0 Å². The molecule has 0 bridgehead atoms. The molecule has 3 aromatic rings. The second kappa shape index (κ2) is 6.14. The maximum atomic E-state index is 12.0. The van der Waals surface area contributed by atoms with E-state index in [-0.39, 0.29) is 17.4 Å². The number of nitrogens with zero attached hydrogens (tertiary/aromatic N) is 2. The number of benzene rings is 1. The topological polar surface area (TPSA) is 123 Å². The average molecular weight is 351 g/mol. The Hall–Kier alpha value is -3.42. The van der Waals surface area contributed by atoms with Gasteiger partial charge in [-0.05, 0) is 37.6 Å². The largest absolute Gasteiger partial charge is 0.493 e. The van der Waals surface area contributed by atoms with Crippen molar-refractivity contribution in [2.45, 2.75) is 19.3 Å². The van der Waals surface area contributed by atoms with Crippen molar-refractivity contribution in [2.24, 2.45) is 5.73 Å². The van der Waals surface area contributed by atoms with Crippen LogP contribution in [0.4, 0.5) is 11.4 Å². The lowest BCUT2D eigenvalue weighted by Gasteiger charge is -2.25. The smallest absolute Gasteiger partial charge is 0.271 e. The number of aromatic nitrogens is 3. The predicted octanol–water partition coefficient (Wildman–Crippen LogP) is 2.26. The highest BCUT2D eigenvalue weighted by Gasteiger charge is 2.26. The normalized spacial score (nSPS) is 16.0. The number of Topliss-reactive ketones (excluding diaryl/α,β-unsaturated/α-hetero) is 1. The summed E-state index contributed by atoms with van der Waals surface area (Å²) in [6.07, 6.45) is 2.36. The zero-order valence-electron chi connectivity index (χ0n) is 14.1. The lowest BCUT2D eigenvalue weighted by Crippen LogP contribution is -2.20. The van der Waals surface area contributed by atoms with Gasteiger partial charge in [-0.3, -0.25) is 9.59 Å². The van der Waals surface area contributed by atoms with Crippen LogP contribution in [0, 0.1) is 0 Å². The van der Waals surface area contributed by atoms with Crippen molar-refractivity contribution in [1.82, 2.24) is 15.2 Å². The SMILES string of the molecule is CC(=O)C1CCOc2ccc(Nc3c(C(N)=O)nnc4[nH]ccc34)cc21. The van der Waals surface area contributed by atoms with Crippen LogP contribution < -0.4 is 15.8 Å². The van der Waals surface area contributed by atoms with Crippen molar-refractivity contribution >= 4 is 34.1 Å². The fraction of sp³-hybridized carbons (Fsp3) is 0.222. The van der Waals surface area contributed by atoms with Crippen LogP contribution in [-0.2, 0) is 4.79 Å². The van der Waals surface area contributed by atoms with Gasteiger partial charge in [0.15, 0.2) is 11.3 Å². The highest BCUT2D eigenvalue weighted by molar-refractivity contribution is 6.05. The van der Waals surface area contributed by atoms with E-state index in [9.17, 15) is 9.59 Å². The van der Waals surface area contributed by atoms with E-state index in [1.165, 1.54) is 0 Å². The summed E-state index contributed by atoms with van der Waals surface area (Å²) in [4.78, 5) is 26.7. The number of anilines is 2. The minimum Gasteiger partial charge on any atom is -0.493 e. The Morgan fingerprint density at radius 3 is 2.92 bits per heavy atom. The van der Waals surface area contributed by atoms with Crippen LogP contribution in [0.5, 0.6) is 5.75 Å². The van der Waals surface area contributed by atoms with E-state index in [4.69, 9.17) is 10.5 Å². The van der Waals surface area contributed by atoms with Crippen LogP contribution in [0.15, 0.2) is 30.5 Å². The van der Waals surface area contributed by atoms with E-state index in [1.54, 1.807) is 19.2 Å². The van der Waals surface area contributed by atoms with Gasteiger partial charge in [0, 0.05) is 28.8 Å². The van der Waals surface area contributed by atoms with Crippen molar-refractivity contribution in [3.63, 3.8) is 0 Å². The van der Waals surface area contributed by atoms with Gasteiger partial charge in [-0.1, -0.05) is 0 Å². The first-order valence-corrected chi connectivity index (χ1v) is 8.22. The summed E-state index contributed by atoms with van der Waals surface area (Å²) in [5, 5.41) is 11.8. The Morgan fingerprint density at radius 1 is 1.31 bits per heavy atom. The van der Waals surface area contributed by atoms with Gasteiger partial charge >= 0.3 is 0 Å². The van der Waals surface area contributed by atoms with Crippen LogP contribution in [0.25, 0.3) is 11.0 Å². The van der Waals surface area contributed by atoms with Crippen molar-refractivity contribution in [1.29, 1.82) is 0 Å². The highest BCUT2D eigenvalue weighted by atomic mass is 16.5. The van der Waals surface area contributed by atoms with Gasteiger partial charge in [0.1, 0.15) is 11.5 Å². The number of hydrogen-bond donors (Lipinski definition) is 3. The summed E-state index contributed by atoms with van der Waals surface area (Å²) >= 11 is 0. The van der Waals surface area contributed by atoms with Crippen LogP contribution in [0.3, 0.4) is 0 Å². The molecule has 132 valence electrons. The molecule has 0 aliphatic carbocycles. The molecule has 8 nitrogen and oxygen atoms in total. The summed E-state index contributed by atoms with van der Waals surface area (Å²) in [6, 6.07) is 7.30. The first-order valence-electron chi connectivity index (χ1n) is 8.22. The molecule has 0 spiro atoms. The van der Waals surface area contributed by atoms with Crippen LogP contribution in [0.1, 0.15) is 35.3 Å². The maximum Gasteiger partial charge on any atom is 0.271 e. The number of nitrogens with one attached hydrogen (secondary N) is 2. The number of rotatable bonds is 4. The number of ketones is 1. The number of carbonyl (C=O) groups is 2. The second-order valence-electron chi connectivity index (χ2n) is 6.21. The van der Waals surface area contributed by atoms with E-state index in [0.717, 1.165) is 5.56 Å². The zero-order valence-corrected chi connectivity index (χ0v) is 14.1. The predicted molar refractivity (Wildman–Crippen MR) is 95.7 cm³/mol. The number of hydrogen-bond acceptors (Lipinski definition) is 6. The second-order valence-corrected chi connectivity index (χ2v) is 6.21. The molecule has 8 heteroatoms. The standard InChI is InChI=1S/C18H17N5O3/c1-9(24)11-5-7-26-14-3-2-10(8-13(11)14)21-15-12-4-6-20-18(12)23-22-16(15)17(19)25/h2-4,6,8,11H,5,7H2,1H3,(H2,19,25)(H2,20,21,23). The molecule has 4 N–H and O–H groups in total. The molecule has 26 heavy (non-hydrogen) atoms. The Balaban J connectivity index is 1.79. The van der Waals surface area contributed by atoms with Gasteiger partial charge in [0.2, 0.25) is 0 Å². The van der Waals surface area contributed by atoms with E-state index in [0.29, 0.717) is 41.2 Å². The van der Waals surface area contributed by atoms with E-state index in [1.807, 2.05) is 18.2 Å². The quantitative estimate of drug-likeness (QED) is 0.662. The Kier molecular flexibility index (Phi) is 3.80. The van der Waals surface area contributed by atoms with Gasteiger partial charge in [-0.25, -0.2) is 0 Å². The summed E-state index contributed by atoms with van der Waals surface area (Å²) in [5.41, 5.74) is 8.05. The number of nitrogens with two attached hydrogens (primary N) is 1. The van der Waals surface area contributed by atoms with E-state index in [2.05, 4.69) is 20.5 Å². The summed E-state index contributed by atoms with van der Waals surface area (Å²) in [7, 11) is 0. The van der Waals surface area contributed by atoms with Gasteiger partial charge in [-0.15, -0.1) is 10.2 Å². The summed E-state index contributed by atoms with van der Waals surface area (Å²) < 4.78 is 5.65. The third-order valence-electron chi connectivity index (χ3n) is 4.52. The fourth-order valence-electron chi connectivity index (χ4n) is 3.26. The molecule has 4 rings (SSSR count). The molecule has 1 aliphatic rings.